The number of carbonyl (C=O) groups excluding carboxylic acids is 1. The average Bonchev–Trinajstić information content (AvgIpc) is 3.05. The Morgan fingerprint density at radius 2 is 1.96 bits per heavy atom. The Kier molecular flexibility index (Phi) is 4.78. The normalized spacial score (nSPS) is 12.6. The molecule has 0 atom stereocenters. The fraction of sp³-hybridized carbons (Fsp3) is 0.263. The fourth-order valence-corrected chi connectivity index (χ4v) is 3.06. The second kappa shape index (κ2) is 7.16. The third-order valence-electron chi connectivity index (χ3n) is 4.25. The highest BCUT2D eigenvalue weighted by molar-refractivity contribution is 6.01. The third kappa shape index (κ3) is 3.10. The van der Waals surface area contributed by atoms with Crippen molar-refractivity contribution in [3.63, 3.8) is 0 Å². The molecule has 0 unspecified atom stereocenters. The first-order valence-electron chi connectivity index (χ1n) is 8.07. The van der Waals surface area contributed by atoms with E-state index in [1.54, 1.807) is 4.90 Å². The van der Waals surface area contributed by atoms with E-state index in [1.807, 2.05) is 42.5 Å². The number of hydrogen-bond acceptors (Lipinski definition) is 4. The van der Waals surface area contributed by atoms with E-state index >= 15 is 0 Å². The van der Waals surface area contributed by atoms with Crippen LogP contribution in [0.25, 0.3) is 11.1 Å². The van der Waals surface area contributed by atoms with Crippen molar-refractivity contribution in [2.45, 2.75) is 19.5 Å². The van der Waals surface area contributed by atoms with Crippen molar-refractivity contribution in [2.75, 3.05) is 13.1 Å². The molecule has 1 aliphatic rings. The van der Waals surface area contributed by atoms with Crippen LogP contribution in [-0.4, -0.2) is 23.9 Å². The van der Waals surface area contributed by atoms with E-state index in [9.17, 15) is 4.79 Å². The summed E-state index contributed by atoms with van der Waals surface area (Å²) in [5.41, 5.74) is 10.3. The highest BCUT2D eigenvalue weighted by atomic mass is 16.1. The van der Waals surface area contributed by atoms with E-state index in [0.29, 0.717) is 31.7 Å². The van der Waals surface area contributed by atoms with E-state index < -0.39 is 0 Å². The van der Waals surface area contributed by atoms with Gasteiger partial charge in [0.1, 0.15) is 0 Å². The molecule has 1 aliphatic heterocycles. The Morgan fingerprint density at radius 3 is 2.75 bits per heavy atom. The summed E-state index contributed by atoms with van der Waals surface area (Å²) in [6.07, 6.45) is 2.96. The van der Waals surface area contributed by atoms with Crippen molar-refractivity contribution >= 4 is 5.91 Å². The summed E-state index contributed by atoms with van der Waals surface area (Å²) >= 11 is 0. The van der Waals surface area contributed by atoms with Crippen LogP contribution >= 0.6 is 0 Å². The molecule has 0 fully saturated rings. The van der Waals surface area contributed by atoms with Crippen molar-refractivity contribution in [3.05, 3.63) is 59.2 Å². The molecule has 3 N–H and O–H groups in total. The highest BCUT2D eigenvalue weighted by Gasteiger charge is 2.23. The van der Waals surface area contributed by atoms with Gasteiger partial charge in [0.2, 0.25) is 0 Å². The minimum Gasteiger partial charge on any atom is -0.352 e. The number of benzene rings is 2. The van der Waals surface area contributed by atoms with Gasteiger partial charge in [0, 0.05) is 12.1 Å². The van der Waals surface area contributed by atoms with E-state index in [4.69, 9.17) is 11.0 Å². The molecular formula is C19H20N4O. The van der Waals surface area contributed by atoms with Gasteiger partial charge in [-0.25, -0.2) is 0 Å². The van der Waals surface area contributed by atoms with Crippen molar-refractivity contribution in [1.29, 1.82) is 5.26 Å². The molecule has 122 valence electrons. The van der Waals surface area contributed by atoms with Gasteiger partial charge in [-0.05, 0) is 41.3 Å². The van der Waals surface area contributed by atoms with E-state index in [1.165, 1.54) is 0 Å². The largest absolute Gasteiger partial charge is 0.352 e. The zero-order chi connectivity index (χ0) is 16.9. The van der Waals surface area contributed by atoms with Crippen LogP contribution in [0.4, 0.5) is 0 Å². The molecule has 5 nitrogen and oxygen atoms in total. The maximum Gasteiger partial charge on any atom is 0.251 e. The third-order valence-corrected chi connectivity index (χ3v) is 4.25. The number of carbonyl (C=O) groups is 1. The van der Waals surface area contributed by atoms with Gasteiger partial charge in [0.15, 0.2) is 6.19 Å². The van der Waals surface area contributed by atoms with Crippen molar-refractivity contribution in [1.82, 2.24) is 10.2 Å². The second-order valence-corrected chi connectivity index (χ2v) is 5.84. The second-order valence-electron chi connectivity index (χ2n) is 5.84. The molecule has 0 saturated carbocycles. The lowest BCUT2D eigenvalue weighted by Crippen LogP contribution is -2.26. The lowest BCUT2D eigenvalue weighted by Gasteiger charge is -2.13. The first kappa shape index (κ1) is 16.0. The Morgan fingerprint density at radius 1 is 1.17 bits per heavy atom. The van der Waals surface area contributed by atoms with E-state index in [0.717, 1.165) is 28.7 Å². The molecule has 24 heavy (non-hydrogen) atoms. The van der Waals surface area contributed by atoms with Crippen LogP contribution in [0.1, 0.15) is 27.9 Å². The van der Waals surface area contributed by atoms with Gasteiger partial charge < -0.3 is 16.0 Å². The average molecular weight is 320 g/mol. The standard InChI is InChI=1S/C19H20N4O/c20-9-4-10-22-19(24)17-7-2-1-6-15(17)16-8-3-5-14-11-23(13-21)12-18(14)16/h1-3,5-8H,4,9-12,20H2,(H,22,24). The Hall–Kier alpha value is -2.84. The van der Waals surface area contributed by atoms with E-state index in [-0.39, 0.29) is 5.91 Å². The summed E-state index contributed by atoms with van der Waals surface area (Å²) in [5, 5.41) is 12.1. The number of hydrogen-bond donors (Lipinski definition) is 2. The Bertz CT molecular complexity index is 794. The first-order valence-corrected chi connectivity index (χ1v) is 8.07. The monoisotopic (exact) mass is 320 g/mol. The smallest absolute Gasteiger partial charge is 0.251 e. The molecule has 0 aliphatic carbocycles. The van der Waals surface area contributed by atoms with E-state index in [2.05, 4.69) is 11.5 Å². The minimum atomic E-state index is -0.0909. The van der Waals surface area contributed by atoms with Gasteiger partial charge in [-0.2, -0.15) is 5.26 Å². The van der Waals surface area contributed by atoms with Crippen LogP contribution in [0.2, 0.25) is 0 Å². The molecule has 0 spiro atoms. The number of nitriles is 1. The zero-order valence-electron chi connectivity index (χ0n) is 13.5. The quantitative estimate of drug-likeness (QED) is 0.654. The molecule has 1 amide bonds. The van der Waals surface area contributed by atoms with Crippen LogP contribution in [0.5, 0.6) is 0 Å². The summed E-state index contributed by atoms with van der Waals surface area (Å²) in [4.78, 5) is 14.2. The SMILES string of the molecule is N#CN1Cc2cccc(-c3ccccc3C(=O)NCCCN)c2C1. The number of fused-ring (bicyclic) bond motifs is 1. The van der Waals surface area contributed by atoms with Crippen LogP contribution in [-0.2, 0) is 13.1 Å². The van der Waals surface area contributed by atoms with Crippen LogP contribution < -0.4 is 11.1 Å². The summed E-state index contributed by atoms with van der Waals surface area (Å²) in [6, 6.07) is 13.6. The highest BCUT2D eigenvalue weighted by Crippen LogP contribution is 2.34. The lowest BCUT2D eigenvalue weighted by atomic mass is 9.93. The summed E-state index contributed by atoms with van der Waals surface area (Å²) in [6.45, 7) is 2.34. The molecule has 0 radical (unpaired) electrons. The van der Waals surface area contributed by atoms with Gasteiger partial charge in [0.25, 0.3) is 5.91 Å². The molecular weight excluding hydrogens is 300 g/mol. The van der Waals surface area contributed by atoms with Crippen LogP contribution in [0.15, 0.2) is 42.5 Å². The maximum absolute atomic E-state index is 12.5. The molecule has 5 heteroatoms. The number of nitrogens with two attached hydrogens (primary N) is 1. The van der Waals surface area contributed by atoms with Gasteiger partial charge in [0.05, 0.1) is 13.1 Å². The number of amides is 1. The molecule has 3 rings (SSSR count). The predicted octanol–water partition coefficient (Wildman–Crippen LogP) is 2.23. The zero-order valence-corrected chi connectivity index (χ0v) is 13.5. The predicted molar refractivity (Wildman–Crippen MR) is 92.7 cm³/mol. The van der Waals surface area contributed by atoms with Crippen molar-refractivity contribution in [3.8, 4) is 17.3 Å². The maximum atomic E-state index is 12.5. The Labute approximate surface area is 141 Å². The summed E-state index contributed by atoms with van der Waals surface area (Å²) in [7, 11) is 0. The van der Waals surface area contributed by atoms with Gasteiger partial charge in [-0.3, -0.25) is 4.79 Å². The van der Waals surface area contributed by atoms with Crippen LogP contribution in [0, 0.1) is 11.5 Å². The molecule has 0 saturated heterocycles. The fourth-order valence-electron chi connectivity index (χ4n) is 3.06. The van der Waals surface area contributed by atoms with Gasteiger partial charge >= 0.3 is 0 Å². The molecule has 2 aromatic rings. The topological polar surface area (TPSA) is 82.2 Å². The summed E-state index contributed by atoms with van der Waals surface area (Å²) in [5.74, 6) is -0.0909. The Balaban J connectivity index is 1.96. The van der Waals surface area contributed by atoms with Gasteiger partial charge in [-0.15, -0.1) is 0 Å². The first-order chi connectivity index (χ1) is 11.7. The van der Waals surface area contributed by atoms with Crippen molar-refractivity contribution in [2.24, 2.45) is 5.73 Å². The number of nitrogens with one attached hydrogen (secondary N) is 1. The number of rotatable bonds is 5. The minimum absolute atomic E-state index is 0.0909. The molecule has 0 bridgehead atoms. The number of nitrogens with zero attached hydrogens (tertiary/aromatic N) is 2. The molecule has 2 aromatic carbocycles. The summed E-state index contributed by atoms with van der Waals surface area (Å²) < 4.78 is 0. The van der Waals surface area contributed by atoms with Gasteiger partial charge in [-0.1, -0.05) is 36.4 Å². The molecule has 1 heterocycles. The lowest BCUT2D eigenvalue weighted by molar-refractivity contribution is 0.0954. The van der Waals surface area contributed by atoms with Crippen molar-refractivity contribution < 1.29 is 4.79 Å². The van der Waals surface area contributed by atoms with Crippen LogP contribution in [0.3, 0.4) is 0 Å². The molecule has 0 aromatic heterocycles.